The molecule has 1 aliphatic rings. The quantitative estimate of drug-likeness (QED) is 0.582. The van der Waals surface area contributed by atoms with Crippen molar-refractivity contribution in [1.29, 1.82) is 0 Å². The van der Waals surface area contributed by atoms with E-state index in [9.17, 15) is 0 Å². The topological polar surface area (TPSA) is 75.9 Å². The lowest BCUT2D eigenvalue weighted by molar-refractivity contribution is 0.555. The fraction of sp³-hybridized carbons (Fsp3) is 0.429. The van der Waals surface area contributed by atoms with Crippen LogP contribution in [0.3, 0.4) is 0 Å². The zero-order valence-corrected chi connectivity index (χ0v) is 11.1. The highest BCUT2D eigenvalue weighted by Crippen LogP contribution is 2.30. The molecular weight excluding hydrogens is 238 g/mol. The standard InChI is InChI=1S/C14H19N5/c1-9-5-4-8-11(9)16-13-10-6-2-3-7-12(10)17-14(18-13)19-15/h2-3,6-7,9,11H,4-5,8,15H2,1H3,(H2,16,17,18,19). The monoisotopic (exact) mass is 257 g/mol. The number of nitrogen functional groups attached to an aromatic ring is 1. The fourth-order valence-corrected chi connectivity index (χ4v) is 2.79. The molecule has 0 radical (unpaired) electrons. The number of anilines is 2. The number of nitrogens with one attached hydrogen (secondary N) is 2. The Balaban J connectivity index is 2.00. The van der Waals surface area contributed by atoms with E-state index in [2.05, 4.69) is 27.6 Å². The summed E-state index contributed by atoms with van der Waals surface area (Å²) >= 11 is 0. The molecule has 2 unspecified atom stereocenters. The molecule has 1 fully saturated rings. The molecular formula is C14H19N5. The van der Waals surface area contributed by atoms with Gasteiger partial charge in [-0.05, 0) is 30.9 Å². The third kappa shape index (κ3) is 2.33. The number of para-hydroxylation sites is 1. The number of hydrogen-bond donors (Lipinski definition) is 3. The molecule has 5 heteroatoms. The number of benzene rings is 1. The molecule has 0 amide bonds. The zero-order chi connectivity index (χ0) is 13.2. The average molecular weight is 257 g/mol. The number of rotatable bonds is 3. The van der Waals surface area contributed by atoms with Crippen LogP contribution in [-0.4, -0.2) is 16.0 Å². The van der Waals surface area contributed by atoms with Crippen molar-refractivity contribution < 1.29 is 0 Å². The van der Waals surface area contributed by atoms with Crippen molar-refractivity contribution in [2.45, 2.75) is 32.2 Å². The minimum absolute atomic E-state index is 0.451. The average Bonchev–Trinajstić information content (AvgIpc) is 2.84. The van der Waals surface area contributed by atoms with Crippen LogP contribution in [0, 0.1) is 5.92 Å². The predicted molar refractivity (Wildman–Crippen MR) is 77.8 cm³/mol. The van der Waals surface area contributed by atoms with Gasteiger partial charge in [-0.1, -0.05) is 25.5 Å². The molecule has 100 valence electrons. The van der Waals surface area contributed by atoms with Gasteiger partial charge in [0.05, 0.1) is 5.52 Å². The van der Waals surface area contributed by atoms with E-state index < -0.39 is 0 Å². The second-order valence-electron chi connectivity index (χ2n) is 5.22. The molecule has 0 spiro atoms. The third-order valence-corrected chi connectivity index (χ3v) is 3.92. The molecule has 1 saturated carbocycles. The number of aromatic nitrogens is 2. The molecule has 0 aliphatic heterocycles. The molecule has 0 bridgehead atoms. The summed E-state index contributed by atoms with van der Waals surface area (Å²) in [6.45, 7) is 2.29. The van der Waals surface area contributed by atoms with Crippen LogP contribution < -0.4 is 16.6 Å². The van der Waals surface area contributed by atoms with E-state index in [0.717, 1.165) is 16.7 Å². The number of nitrogens with two attached hydrogens (primary N) is 1. The van der Waals surface area contributed by atoms with Crippen LogP contribution in [0.25, 0.3) is 10.9 Å². The van der Waals surface area contributed by atoms with Crippen LogP contribution in [0.4, 0.5) is 11.8 Å². The molecule has 2 atom stereocenters. The first-order valence-electron chi connectivity index (χ1n) is 6.78. The van der Waals surface area contributed by atoms with Crippen LogP contribution in [0.5, 0.6) is 0 Å². The van der Waals surface area contributed by atoms with E-state index >= 15 is 0 Å². The summed E-state index contributed by atoms with van der Waals surface area (Å²) in [4.78, 5) is 8.82. The maximum atomic E-state index is 5.44. The van der Waals surface area contributed by atoms with Gasteiger partial charge in [-0.2, -0.15) is 4.98 Å². The van der Waals surface area contributed by atoms with Crippen molar-refractivity contribution in [1.82, 2.24) is 9.97 Å². The van der Waals surface area contributed by atoms with Gasteiger partial charge < -0.3 is 5.32 Å². The molecule has 5 nitrogen and oxygen atoms in total. The maximum Gasteiger partial charge on any atom is 0.239 e. The Hall–Kier alpha value is -1.88. The van der Waals surface area contributed by atoms with E-state index in [1.165, 1.54) is 19.3 Å². The Bertz CT molecular complexity index is 583. The SMILES string of the molecule is CC1CCCC1Nc1nc(NN)nc2ccccc12. The summed E-state index contributed by atoms with van der Waals surface area (Å²) in [5.41, 5.74) is 3.43. The van der Waals surface area contributed by atoms with Crippen molar-refractivity contribution in [3.63, 3.8) is 0 Å². The van der Waals surface area contributed by atoms with Gasteiger partial charge in [0.15, 0.2) is 0 Å². The Kier molecular flexibility index (Phi) is 3.21. The van der Waals surface area contributed by atoms with E-state index in [0.29, 0.717) is 17.9 Å². The van der Waals surface area contributed by atoms with Crippen molar-refractivity contribution >= 4 is 22.7 Å². The molecule has 4 N–H and O–H groups in total. The molecule has 3 rings (SSSR count). The molecule has 1 aromatic heterocycles. The highest BCUT2D eigenvalue weighted by molar-refractivity contribution is 5.90. The van der Waals surface area contributed by atoms with Gasteiger partial charge in [0, 0.05) is 11.4 Å². The van der Waals surface area contributed by atoms with Gasteiger partial charge >= 0.3 is 0 Å². The Labute approximate surface area is 112 Å². The lowest BCUT2D eigenvalue weighted by atomic mass is 10.1. The number of hydrogen-bond acceptors (Lipinski definition) is 5. The van der Waals surface area contributed by atoms with Crippen LogP contribution >= 0.6 is 0 Å². The van der Waals surface area contributed by atoms with Crippen LogP contribution in [-0.2, 0) is 0 Å². The molecule has 19 heavy (non-hydrogen) atoms. The predicted octanol–water partition coefficient (Wildman–Crippen LogP) is 2.52. The summed E-state index contributed by atoms with van der Waals surface area (Å²) < 4.78 is 0. The summed E-state index contributed by atoms with van der Waals surface area (Å²) in [5, 5.41) is 4.60. The summed E-state index contributed by atoms with van der Waals surface area (Å²) in [6.07, 6.45) is 3.76. The summed E-state index contributed by atoms with van der Waals surface area (Å²) in [7, 11) is 0. The van der Waals surface area contributed by atoms with Crippen LogP contribution in [0.2, 0.25) is 0 Å². The minimum Gasteiger partial charge on any atom is -0.366 e. The molecule has 1 aromatic carbocycles. The minimum atomic E-state index is 0.451. The summed E-state index contributed by atoms with van der Waals surface area (Å²) in [6, 6.07) is 8.48. The molecule has 0 saturated heterocycles. The lowest BCUT2D eigenvalue weighted by Gasteiger charge is -2.19. The van der Waals surface area contributed by atoms with E-state index in [4.69, 9.17) is 5.84 Å². The van der Waals surface area contributed by atoms with Crippen molar-refractivity contribution in [2.75, 3.05) is 10.7 Å². The van der Waals surface area contributed by atoms with Gasteiger partial charge in [0.1, 0.15) is 5.82 Å². The number of hydrazine groups is 1. The van der Waals surface area contributed by atoms with E-state index in [1.807, 2.05) is 24.3 Å². The first-order chi connectivity index (χ1) is 9.28. The second-order valence-corrected chi connectivity index (χ2v) is 5.22. The van der Waals surface area contributed by atoms with E-state index in [1.54, 1.807) is 0 Å². The maximum absolute atomic E-state index is 5.44. The second kappa shape index (κ2) is 5.01. The third-order valence-electron chi connectivity index (χ3n) is 3.92. The highest BCUT2D eigenvalue weighted by atomic mass is 15.3. The Morgan fingerprint density at radius 1 is 1.21 bits per heavy atom. The largest absolute Gasteiger partial charge is 0.366 e. The zero-order valence-electron chi connectivity index (χ0n) is 11.1. The fourth-order valence-electron chi connectivity index (χ4n) is 2.79. The van der Waals surface area contributed by atoms with E-state index in [-0.39, 0.29) is 0 Å². The Morgan fingerprint density at radius 3 is 2.79 bits per heavy atom. The first kappa shape index (κ1) is 12.2. The van der Waals surface area contributed by atoms with Gasteiger partial charge in [-0.15, -0.1) is 0 Å². The molecule has 2 aromatic rings. The smallest absolute Gasteiger partial charge is 0.239 e. The number of nitrogens with zero attached hydrogens (tertiary/aromatic N) is 2. The summed E-state index contributed by atoms with van der Waals surface area (Å²) in [5.74, 6) is 7.45. The normalized spacial score (nSPS) is 22.6. The Morgan fingerprint density at radius 2 is 2.05 bits per heavy atom. The van der Waals surface area contributed by atoms with Crippen molar-refractivity contribution in [2.24, 2.45) is 11.8 Å². The van der Waals surface area contributed by atoms with Gasteiger partial charge in [-0.25, -0.2) is 10.8 Å². The van der Waals surface area contributed by atoms with Gasteiger partial charge in [0.2, 0.25) is 5.95 Å². The van der Waals surface area contributed by atoms with Crippen LogP contribution in [0.1, 0.15) is 26.2 Å². The van der Waals surface area contributed by atoms with Gasteiger partial charge in [0.25, 0.3) is 0 Å². The lowest BCUT2D eigenvalue weighted by Crippen LogP contribution is -2.23. The number of fused-ring (bicyclic) bond motifs is 1. The van der Waals surface area contributed by atoms with Gasteiger partial charge in [-0.3, -0.25) is 5.43 Å². The van der Waals surface area contributed by atoms with Crippen molar-refractivity contribution in [3.05, 3.63) is 24.3 Å². The molecule has 1 heterocycles. The highest BCUT2D eigenvalue weighted by Gasteiger charge is 2.24. The van der Waals surface area contributed by atoms with Crippen LogP contribution in [0.15, 0.2) is 24.3 Å². The molecule has 1 aliphatic carbocycles. The van der Waals surface area contributed by atoms with Crippen molar-refractivity contribution in [3.8, 4) is 0 Å². The first-order valence-corrected chi connectivity index (χ1v) is 6.78.